The first-order valence-corrected chi connectivity index (χ1v) is 10.1. The van der Waals surface area contributed by atoms with Gasteiger partial charge in [0, 0.05) is 25.8 Å². The van der Waals surface area contributed by atoms with Crippen molar-refractivity contribution in [3.8, 4) is 0 Å². The third kappa shape index (κ3) is 3.77. The van der Waals surface area contributed by atoms with E-state index in [-0.39, 0.29) is 48.2 Å². The Kier molecular flexibility index (Phi) is 5.64. The standard InChI is InChI=1S/C17H22N2O6S/c1-26-12-8-15(22)18(16(12)23)9-10-2-4-11(5-3-10)17(24)25-19-13(20)6-7-14(19)21/h10-12H,2-9H2,1H3. The van der Waals surface area contributed by atoms with Gasteiger partial charge in [-0.2, -0.15) is 11.8 Å². The molecule has 0 bridgehead atoms. The number of hydrogen-bond donors (Lipinski definition) is 0. The summed E-state index contributed by atoms with van der Waals surface area (Å²) in [4.78, 5) is 65.8. The molecule has 9 heteroatoms. The summed E-state index contributed by atoms with van der Waals surface area (Å²) in [6.07, 6.45) is 4.75. The van der Waals surface area contributed by atoms with Crippen LogP contribution in [0.2, 0.25) is 0 Å². The van der Waals surface area contributed by atoms with Gasteiger partial charge in [-0.1, -0.05) is 0 Å². The van der Waals surface area contributed by atoms with Crippen molar-refractivity contribution in [2.24, 2.45) is 11.8 Å². The summed E-state index contributed by atoms with van der Waals surface area (Å²) in [7, 11) is 0. The Morgan fingerprint density at radius 1 is 1.04 bits per heavy atom. The Morgan fingerprint density at radius 2 is 1.65 bits per heavy atom. The summed E-state index contributed by atoms with van der Waals surface area (Å²) >= 11 is 1.40. The van der Waals surface area contributed by atoms with Crippen molar-refractivity contribution in [3.63, 3.8) is 0 Å². The van der Waals surface area contributed by atoms with E-state index in [0.717, 1.165) is 0 Å². The van der Waals surface area contributed by atoms with Crippen LogP contribution in [0.3, 0.4) is 0 Å². The van der Waals surface area contributed by atoms with Crippen molar-refractivity contribution in [1.82, 2.24) is 9.96 Å². The molecule has 142 valence electrons. The molecule has 3 fully saturated rings. The monoisotopic (exact) mass is 382 g/mol. The minimum Gasteiger partial charge on any atom is -0.330 e. The first-order valence-electron chi connectivity index (χ1n) is 8.85. The zero-order chi connectivity index (χ0) is 18.8. The molecule has 2 heterocycles. The lowest BCUT2D eigenvalue weighted by molar-refractivity contribution is -0.201. The Bertz CT molecular complexity index is 627. The van der Waals surface area contributed by atoms with E-state index in [1.165, 1.54) is 16.7 Å². The average molecular weight is 382 g/mol. The summed E-state index contributed by atoms with van der Waals surface area (Å²) in [5, 5.41) is 0.308. The zero-order valence-corrected chi connectivity index (χ0v) is 15.5. The van der Waals surface area contributed by atoms with Gasteiger partial charge in [-0.25, -0.2) is 4.79 Å². The molecule has 0 aromatic heterocycles. The summed E-state index contributed by atoms with van der Waals surface area (Å²) in [6.45, 7) is 0.402. The molecule has 2 aliphatic heterocycles. The second-order valence-corrected chi connectivity index (χ2v) is 8.02. The highest BCUT2D eigenvalue weighted by atomic mass is 32.2. The predicted octanol–water partition coefficient (Wildman–Crippen LogP) is 0.890. The molecule has 2 saturated heterocycles. The Hall–Kier alpha value is -1.90. The van der Waals surface area contributed by atoms with Crippen LogP contribution in [-0.2, 0) is 28.8 Å². The molecular formula is C17H22N2O6S. The van der Waals surface area contributed by atoms with Crippen LogP contribution in [0.25, 0.3) is 0 Å². The lowest BCUT2D eigenvalue weighted by atomic mass is 9.82. The fraction of sp³-hybridized carbons (Fsp3) is 0.706. The van der Waals surface area contributed by atoms with E-state index in [1.807, 2.05) is 6.26 Å². The second kappa shape index (κ2) is 7.77. The van der Waals surface area contributed by atoms with Gasteiger partial charge in [0.25, 0.3) is 11.8 Å². The number of nitrogens with zero attached hydrogens (tertiary/aromatic N) is 2. The lowest BCUT2D eigenvalue weighted by Crippen LogP contribution is -2.39. The Balaban J connectivity index is 1.48. The molecule has 1 atom stereocenters. The van der Waals surface area contributed by atoms with Gasteiger partial charge in [-0.05, 0) is 37.9 Å². The number of imide groups is 2. The van der Waals surface area contributed by atoms with Gasteiger partial charge in [0.15, 0.2) is 0 Å². The molecule has 0 aromatic carbocycles. The second-order valence-electron chi connectivity index (χ2n) is 6.98. The number of hydrogen-bond acceptors (Lipinski definition) is 7. The van der Waals surface area contributed by atoms with Gasteiger partial charge in [-0.3, -0.25) is 24.1 Å². The number of carbonyl (C=O) groups is 5. The van der Waals surface area contributed by atoms with Crippen LogP contribution in [0.15, 0.2) is 0 Å². The highest BCUT2D eigenvalue weighted by molar-refractivity contribution is 8.00. The third-order valence-electron chi connectivity index (χ3n) is 5.29. The minimum absolute atomic E-state index is 0.0772. The molecule has 8 nitrogen and oxygen atoms in total. The molecule has 4 amide bonds. The molecule has 0 N–H and O–H groups in total. The molecule has 1 saturated carbocycles. The van der Waals surface area contributed by atoms with E-state index in [0.29, 0.717) is 37.3 Å². The first kappa shape index (κ1) is 18.9. The van der Waals surface area contributed by atoms with Crippen LogP contribution in [0.4, 0.5) is 0 Å². The van der Waals surface area contributed by atoms with Crippen molar-refractivity contribution in [2.45, 2.75) is 50.2 Å². The van der Waals surface area contributed by atoms with E-state index in [2.05, 4.69) is 0 Å². The van der Waals surface area contributed by atoms with Gasteiger partial charge in [0.1, 0.15) is 0 Å². The first-order chi connectivity index (χ1) is 12.4. The molecule has 1 aliphatic carbocycles. The van der Waals surface area contributed by atoms with E-state index in [4.69, 9.17) is 4.84 Å². The fourth-order valence-corrected chi connectivity index (χ4v) is 4.33. The molecule has 26 heavy (non-hydrogen) atoms. The highest BCUT2D eigenvalue weighted by Gasteiger charge is 2.40. The number of amides is 4. The van der Waals surface area contributed by atoms with Gasteiger partial charge in [-0.15, -0.1) is 5.06 Å². The molecule has 3 aliphatic rings. The SMILES string of the molecule is CSC1CC(=O)N(CC2CCC(C(=O)ON3C(=O)CCC3=O)CC2)C1=O. The van der Waals surface area contributed by atoms with Gasteiger partial charge in [0.05, 0.1) is 11.2 Å². The number of hydroxylamine groups is 2. The van der Waals surface area contributed by atoms with E-state index >= 15 is 0 Å². The third-order valence-corrected chi connectivity index (χ3v) is 6.23. The molecular weight excluding hydrogens is 360 g/mol. The van der Waals surface area contributed by atoms with Crippen molar-refractivity contribution in [1.29, 1.82) is 0 Å². The highest BCUT2D eigenvalue weighted by Crippen LogP contribution is 2.32. The van der Waals surface area contributed by atoms with Crippen LogP contribution in [0, 0.1) is 11.8 Å². The fourth-order valence-electron chi connectivity index (χ4n) is 3.69. The van der Waals surface area contributed by atoms with Crippen molar-refractivity contribution >= 4 is 41.4 Å². The predicted molar refractivity (Wildman–Crippen MR) is 91.3 cm³/mol. The van der Waals surface area contributed by atoms with Gasteiger partial charge in [0.2, 0.25) is 11.8 Å². The van der Waals surface area contributed by atoms with Crippen molar-refractivity contribution in [3.05, 3.63) is 0 Å². The number of carbonyl (C=O) groups excluding carboxylic acids is 5. The van der Waals surface area contributed by atoms with Crippen molar-refractivity contribution in [2.75, 3.05) is 12.8 Å². The number of thioether (sulfide) groups is 1. The molecule has 1 unspecified atom stereocenters. The lowest BCUT2D eigenvalue weighted by Gasteiger charge is -2.30. The van der Waals surface area contributed by atoms with Crippen LogP contribution >= 0.6 is 11.8 Å². The quantitative estimate of drug-likeness (QED) is 0.651. The minimum atomic E-state index is -0.553. The Labute approximate surface area is 155 Å². The van der Waals surface area contributed by atoms with Crippen molar-refractivity contribution < 1.29 is 28.8 Å². The molecule has 0 radical (unpaired) electrons. The summed E-state index contributed by atoms with van der Waals surface area (Å²) in [5.41, 5.74) is 0. The normalized spacial score (nSPS) is 29.7. The zero-order valence-electron chi connectivity index (χ0n) is 14.6. The largest absolute Gasteiger partial charge is 0.336 e. The maximum atomic E-state index is 12.2. The topological polar surface area (TPSA) is 101 Å². The number of likely N-dealkylation sites (tertiary alicyclic amines) is 1. The molecule has 0 spiro atoms. The average Bonchev–Trinajstić information content (AvgIpc) is 3.09. The van der Waals surface area contributed by atoms with E-state index < -0.39 is 17.8 Å². The maximum Gasteiger partial charge on any atom is 0.336 e. The number of rotatable bonds is 5. The Morgan fingerprint density at radius 3 is 2.19 bits per heavy atom. The maximum absolute atomic E-state index is 12.2. The summed E-state index contributed by atoms with van der Waals surface area (Å²) < 4.78 is 0. The van der Waals surface area contributed by atoms with Gasteiger partial charge < -0.3 is 4.84 Å². The summed E-state index contributed by atoms with van der Waals surface area (Å²) in [6, 6.07) is 0. The molecule has 3 rings (SSSR count). The van der Waals surface area contributed by atoms with Crippen LogP contribution in [-0.4, -0.2) is 57.6 Å². The summed E-state index contributed by atoms with van der Waals surface area (Å²) in [5.74, 6) is -1.95. The van der Waals surface area contributed by atoms with Gasteiger partial charge >= 0.3 is 5.97 Å². The van der Waals surface area contributed by atoms with E-state index in [9.17, 15) is 24.0 Å². The van der Waals surface area contributed by atoms with Crippen LogP contribution < -0.4 is 0 Å². The smallest absolute Gasteiger partial charge is 0.330 e. The van der Waals surface area contributed by atoms with Crippen LogP contribution in [0.5, 0.6) is 0 Å². The van der Waals surface area contributed by atoms with E-state index in [1.54, 1.807) is 0 Å². The molecule has 0 aromatic rings. The van der Waals surface area contributed by atoms with Crippen LogP contribution in [0.1, 0.15) is 44.9 Å².